The third-order valence-corrected chi connectivity index (χ3v) is 6.31. The maximum atomic E-state index is 13.5. The minimum Gasteiger partial charge on any atom is -0.294 e. The van der Waals surface area contributed by atoms with E-state index >= 15 is 0 Å². The molecular weight excluding hydrogens is 412 g/mol. The van der Waals surface area contributed by atoms with E-state index < -0.39 is 6.43 Å². The first kappa shape index (κ1) is 20.5. The summed E-state index contributed by atoms with van der Waals surface area (Å²) in [5.74, 6) is -0.347. The van der Waals surface area contributed by atoms with Crippen LogP contribution in [0.3, 0.4) is 0 Å². The molecule has 0 spiro atoms. The lowest BCUT2D eigenvalue weighted by molar-refractivity contribution is -0.119. The number of carbonyl (C=O) groups is 2. The van der Waals surface area contributed by atoms with E-state index in [0.717, 1.165) is 12.8 Å². The molecule has 7 nitrogen and oxygen atoms in total. The molecule has 3 heterocycles. The molecule has 0 unspecified atom stereocenters. The van der Waals surface area contributed by atoms with E-state index in [4.69, 9.17) is 0 Å². The van der Waals surface area contributed by atoms with E-state index in [1.54, 1.807) is 25.7 Å². The molecule has 1 saturated carbocycles. The quantitative estimate of drug-likeness (QED) is 0.546. The normalized spacial score (nSPS) is 14.0. The molecule has 1 aliphatic carbocycles. The lowest BCUT2D eigenvalue weighted by atomic mass is 10.1. The minimum atomic E-state index is -2.66. The van der Waals surface area contributed by atoms with Crippen molar-refractivity contribution in [2.75, 3.05) is 4.90 Å². The van der Waals surface area contributed by atoms with E-state index in [9.17, 15) is 18.4 Å². The molecule has 0 saturated heterocycles. The Morgan fingerprint density at radius 2 is 1.93 bits per heavy atom. The van der Waals surface area contributed by atoms with Gasteiger partial charge in [-0.3, -0.25) is 14.5 Å². The van der Waals surface area contributed by atoms with Crippen LogP contribution in [-0.4, -0.2) is 37.5 Å². The van der Waals surface area contributed by atoms with E-state index in [1.807, 2.05) is 0 Å². The zero-order valence-corrected chi connectivity index (χ0v) is 17.9. The molecule has 0 bridgehead atoms. The zero-order chi connectivity index (χ0) is 21.7. The summed E-state index contributed by atoms with van der Waals surface area (Å²) in [5.41, 5.74) is 1.58. The van der Waals surface area contributed by atoms with Gasteiger partial charge in [0.05, 0.1) is 21.7 Å². The van der Waals surface area contributed by atoms with Crippen LogP contribution in [0.4, 0.5) is 13.9 Å². The number of thiazole rings is 1. The van der Waals surface area contributed by atoms with Crippen LogP contribution in [0.5, 0.6) is 0 Å². The zero-order valence-electron chi connectivity index (χ0n) is 17.1. The number of halogens is 2. The van der Waals surface area contributed by atoms with Crippen molar-refractivity contribution in [3.63, 3.8) is 0 Å². The van der Waals surface area contributed by atoms with Gasteiger partial charge in [0.15, 0.2) is 16.6 Å². The van der Waals surface area contributed by atoms with Crippen LogP contribution in [-0.2, 0) is 11.3 Å². The van der Waals surface area contributed by atoms with Crippen LogP contribution in [0, 0.1) is 20.8 Å². The Hall–Kier alpha value is -2.75. The van der Waals surface area contributed by atoms with Crippen molar-refractivity contribution < 1.29 is 18.4 Å². The lowest BCUT2D eigenvalue weighted by Gasteiger charge is -2.19. The molecule has 1 amide bonds. The molecule has 4 rings (SSSR count). The smallest absolute Gasteiger partial charge is 0.264 e. The second-order valence-corrected chi connectivity index (χ2v) is 8.53. The van der Waals surface area contributed by atoms with Gasteiger partial charge in [-0.25, -0.2) is 23.4 Å². The molecule has 0 atom stereocenters. The van der Waals surface area contributed by atoms with Gasteiger partial charge in [0, 0.05) is 24.2 Å². The van der Waals surface area contributed by atoms with Crippen molar-refractivity contribution in [3.8, 4) is 0 Å². The number of amides is 1. The van der Waals surface area contributed by atoms with E-state index in [1.165, 1.54) is 29.0 Å². The Balaban J connectivity index is 1.71. The van der Waals surface area contributed by atoms with Gasteiger partial charge in [0.1, 0.15) is 6.54 Å². The first-order valence-electron chi connectivity index (χ1n) is 9.60. The van der Waals surface area contributed by atoms with Gasteiger partial charge < -0.3 is 0 Å². The molecule has 158 valence electrons. The summed E-state index contributed by atoms with van der Waals surface area (Å²) in [6, 6.07) is 1.38. The van der Waals surface area contributed by atoms with E-state index in [0.29, 0.717) is 27.1 Å². The molecular formula is C20H21F2N5O2S. The number of nitrogens with zero attached hydrogens (tertiary/aromatic N) is 5. The number of pyridine rings is 1. The number of rotatable bonds is 6. The Labute approximate surface area is 175 Å². The number of hydrogen-bond donors (Lipinski definition) is 0. The highest BCUT2D eigenvalue weighted by Crippen LogP contribution is 2.36. The highest BCUT2D eigenvalue weighted by Gasteiger charge is 2.36. The maximum Gasteiger partial charge on any atom is 0.264 e. The Bertz CT molecular complexity index is 1170. The fraction of sp³-hybridized carbons (Fsp3) is 0.450. The monoisotopic (exact) mass is 433 g/mol. The van der Waals surface area contributed by atoms with Crippen LogP contribution < -0.4 is 4.90 Å². The SMILES string of the molecule is CC(=O)c1sc(N(C(=O)Cn2nc(C)c3c(C(F)F)cc(C)nc32)C2CC2)nc1C. The van der Waals surface area contributed by atoms with Gasteiger partial charge in [0.2, 0.25) is 0 Å². The number of anilines is 1. The second kappa shape index (κ2) is 7.50. The molecule has 0 radical (unpaired) electrons. The third kappa shape index (κ3) is 3.60. The number of hydrogen-bond acceptors (Lipinski definition) is 6. The maximum absolute atomic E-state index is 13.5. The van der Waals surface area contributed by atoms with Crippen LogP contribution >= 0.6 is 11.3 Å². The second-order valence-electron chi connectivity index (χ2n) is 7.56. The molecule has 0 N–H and O–H groups in total. The molecule has 0 aliphatic heterocycles. The Morgan fingerprint density at radius 1 is 1.23 bits per heavy atom. The lowest BCUT2D eigenvalue weighted by Crippen LogP contribution is -2.36. The summed E-state index contributed by atoms with van der Waals surface area (Å²) < 4.78 is 28.4. The van der Waals surface area contributed by atoms with Crippen molar-refractivity contribution in [2.45, 2.75) is 59.5 Å². The first-order chi connectivity index (χ1) is 14.2. The molecule has 10 heteroatoms. The van der Waals surface area contributed by atoms with Gasteiger partial charge in [0.25, 0.3) is 12.3 Å². The van der Waals surface area contributed by atoms with Crippen LogP contribution in [0.25, 0.3) is 11.0 Å². The Kier molecular flexibility index (Phi) is 5.13. The third-order valence-electron chi connectivity index (χ3n) is 5.05. The van der Waals surface area contributed by atoms with Crippen molar-refractivity contribution in [3.05, 3.63) is 33.6 Å². The topological polar surface area (TPSA) is 81.0 Å². The molecule has 3 aromatic rings. The number of fused-ring (bicyclic) bond motifs is 1. The number of Topliss-reactive ketones (excluding diaryl/α,β-unsaturated/α-hetero) is 1. The first-order valence-corrected chi connectivity index (χ1v) is 10.4. The predicted octanol–water partition coefficient (Wildman–Crippen LogP) is 4.15. The number of ketones is 1. The summed E-state index contributed by atoms with van der Waals surface area (Å²) in [6.07, 6.45) is -0.954. The van der Waals surface area contributed by atoms with Crippen molar-refractivity contribution in [2.24, 2.45) is 0 Å². The summed E-state index contributed by atoms with van der Waals surface area (Å²) in [6.45, 7) is 6.34. The highest BCUT2D eigenvalue weighted by atomic mass is 32.1. The fourth-order valence-electron chi connectivity index (χ4n) is 3.62. The average molecular weight is 433 g/mol. The fourth-order valence-corrected chi connectivity index (χ4v) is 4.67. The standard InChI is InChI=1S/C20H21F2N5O2S/c1-9-7-14(18(21)22)16-10(2)25-26(19(16)23-9)8-15(29)27(13-5-6-13)20-24-11(3)17(30-20)12(4)28/h7,13,18H,5-6,8H2,1-4H3. The van der Waals surface area contributed by atoms with Crippen molar-refractivity contribution in [1.82, 2.24) is 19.7 Å². The van der Waals surface area contributed by atoms with Crippen LogP contribution in [0.15, 0.2) is 6.07 Å². The van der Waals surface area contributed by atoms with Gasteiger partial charge in [-0.15, -0.1) is 0 Å². The summed E-state index contributed by atoms with van der Waals surface area (Å²) in [7, 11) is 0. The summed E-state index contributed by atoms with van der Waals surface area (Å²) in [5, 5.41) is 5.09. The highest BCUT2D eigenvalue weighted by molar-refractivity contribution is 7.17. The average Bonchev–Trinajstić information content (AvgIpc) is 3.34. The molecule has 30 heavy (non-hydrogen) atoms. The number of aromatic nitrogens is 4. The van der Waals surface area contributed by atoms with Crippen LogP contribution in [0.2, 0.25) is 0 Å². The van der Waals surface area contributed by atoms with Gasteiger partial charge in [-0.2, -0.15) is 5.10 Å². The molecule has 1 aliphatic rings. The molecule has 1 fully saturated rings. The summed E-state index contributed by atoms with van der Waals surface area (Å²) >= 11 is 1.20. The summed E-state index contributed by atoms with van der Waals surface area (Å²) in [4.78, 5) is 35.9. The number of aryl methyl sites for hydroxylation is 3. The predicted molar refractivity (Wildman–Crippen MR) is 109 cm³/mol. The van der Waals surface area contributed by atoms with Gasteiger partial charge in [-0.1, -0.05) is 11.3 Å². The van der Waals surface area contributed by atoms with Crippen molar-refractivity contribution >= 4 is 39.2 Å². The van der Waals surface area contributed by atoms with Crippen LogP contribution in [0.1, 0.15) is 58.5 Å². The number of carbonyl (C=O) groups excluding carboxylic acids is 2. The van der Waals surface area contributed by atoms with E-state index in [2.05, 4.69) is 15.1 Å². The Morgan fingerprint density at radius 3 is 2.50 bits per heavy atom. The number of alkyl halides is 2. The van der Waals surface area contributed by atoms with Gasteiger partial charge >= 0.3 is 0 Å². The largest absolute Gasteiger partial charge is 0.294 e. The molecule has 0 aromatic carbocycles. The van der Waals surface area contributed by atoms with E-state index in [-0.39, 0.29) is 40.9 Å². The van der Waals surface area contributed by atoms with Crippen molar-refractivity contribution in [1.29, 1.82) is 0 Å². The van der Waals surface area contributed by atoms with Gasteiger partial charge in [-0.05, 0) is 39.7 Å². The molecule has 3 aromatic heterocycles. The minimum absolute atomic E-state index is 0.0251.